The van der Waals surface area contributed by atoms with Crippen molar-refractivity contribution in [3.63, 3.8) is 0 Å². The number of nitriles is 1. The van der Waals surface area contributed by atoms with E-state index in [1.807, 2.05) is 11.1 Å². The van der Waals surface area contributed by atoms with Crippen LogP contribution in [-0.2, 0) is 0 Å². The summed E-state index contributed by atoms with van der Waals surface area (Å²) in [5, 5.41) is 9.49. The van der Waals surface area contributed by atoms with Crippen LogP contribution in [0.4, 0.5) is 0 Å². The maximum atomic E-state index is 9.49. The van der Waals surface area contributed by atoms with Gasteiger partial charge in [0.25, 0.3) is 0 Å². The van der Waals surface area contributed by atoms with Gasteiger partial charge in [-0.05, 0) is 81.0 Å². The first-order valence-electron chi connectivity index (χ1n) is 8.85. The zero-order valence-electron chi connectivity index (χ0n) is 12.8. The normalized spacial score (nSPS) is 47.2. The zero-order valence-corrected chi connectivity index (χ0v) is 12.8. The fourth-order valence-electron chi connectivity index (χ4n) is 6.31. The van der Waals surface area contributed by atoms with Gasteiger partial charge in [0.05, 0.1) is 12.0 Å². The fourth-order valence-corrected chi connectivity index (χ4v) is 6.31. The van der Waals surface area contributed by atoms with Crippen LogP contribution >= 0.6 is 0 Å². The molecule has 0 radical (unpaired) electrons. The summed E-state index contributed by atoms with van der Waals surface area (Å²) in [6.07, 6.45) is 13.8. The second-order valence-electron chi connectivity index (χ2n) is 8.05. The third-order valence-electron chi connectivity index (χ3n) is 7.41. The van der Waals surface area contributed by atoms with E-state index in [0.717, 1.165) is 17.8 Å². The van der Waals surface area contributed by atoms with Crippen LogP contribution in [0.5, 0.6) is 0 Å². The van der Waals surface area contributed by atoms with E-state index >= 15 is 0 Å². The van der Waals surface area contributed by atoms with E-state index in [0.29, 0.717) is 11.3 Å². The van der Waals surface area contributed by atoms with Gasteiger partial charge in [0, 0.05) is 0 Å². The summed E-state index contributed by atoms with van der Waals surface area (Å²) in [6, 6.07) is 2.64. The molecule has 108 valence electrons. The Morgan fingerprint density at radius 2 is 1.90 bits per heavy atom. The van der Waals surface area contributed by atoms with Crippen molar-refractivity contribution in [1.29, 1.82) is 5.26 Å². The summed E-state index contributed by atoms with van der Waals surface area (Å²) in [7, 11) is 0. The molecule has 4 rings (SSSR count). The molecule has 2 unspecified atom stereocenters. The minimum atomic E-state index is 0.336. The van der Waals surface area contributed by atoms with Crippen LogP contribution in [0.3, 0.4) is 0 Å². The number of hydrogen-bond acceptors (Lipinski definition) is 1. The standard InChI is InChI=1S/C19H27N/c1-19-11-10-16-15-5-3-2-4-13(15)6-8-17(16)18(19)9-7-14(19)12-20/h13-14,17-18H,2-11H2,1H3/t13?,14?,17-,18+,19-/m1/s1. The molecule has 1 heteroatoms. The lowest BCUT2D eigenvalue weighted by Gasteiger charge is -2.49. The second kappa shape index (κ2) is 4.62. The zero-order chi connectivity index (χ0) is 13.7. The Balaban J connectivity index is 1.69. The number of rotatable bonds is 0. The van der Waals surface area contributed by atoms with Crippen molar-refractivity contribution < 1.29 is 0 Å². The average molecular weight is 269 g/mol. The molecule has 3 fully saturated rings. The van der Waals surface area contributed by atoms with Gasteiger partial charge in [0.2, 0.25) is 0 Å². The minimum absolute atomic E-state index is 0.336. The van der Waals surface area contributed by atoms with Crippen molar-refractivity contribution in [3.05, 3.63) is 11.1 Å². The molecule has 0 N–H and O–H groups in total. The van der Waals surface area contributed by atoms with Crippen molar-refractivity contribution in [2.75, 3.05) is 0 Å². The van der Waals surface area contributed by atoms with Crippen molar-refractivity contribution >= 4 is 0 Å². The summed E-state index contributed by atoms with van der Waals surface area (Å²) in [5.74, 6) is 2.97. The van der Waals surface area contributed by atoms with E-state index in [4.69, 9.17) is 0 Å². The molecule has 0 aromatic carbocycles. The number of nitrogens with zero attached hydrogens (tertiary/aromatic N) is 1. The molecule has 0 heterocycles. The first kappa shape index (κ1) is 12.9. The van der Waals surface area contributed by atoms with Gasteiger partial charge in [0.15, 0.2) is 0 Å². The largest absolute Gasteiger partial charge is 0.198 e. The molecule has 1 nitrogen and oxygen atoms in total. The lowest BCUT2D eigenvalue weighted by Crippen LogP contribution is -2.40. The van der Waals surface area contributed by atoms with Crippen molar-refractivity contribution in [3.8, 4) is 6.07 Å². The molecule has 4 aliphatic carbocycles. The molecule has 0 aromatic heterocycles. The summed E-state index contributed by atoms with van der Waals surface area (Å²) < 4.78 is 0. The first-order chi connectivity index (χ1) is 9.74. The molecular weight excluding hydrogens is 242 g/mol. The SMILES string of the molecule is C[C@]12CCC3=C4CCCCC4CC[C@H]3[C@@H]1CCC2C#N. The summed E-state index contributed by atoms with van der Waals surface area (Å²) >= 11 is 0. The quantitative estimate of drug-likeness (QED) is 0.552. The van der Waals surface area contributed by atoms with Gasteiger partial charge in [-0.2, -0.15) is 5.26 Å². The summed E-state index contributed by atoms with van der Waals surface area (Å²) in [6.45, 7) is 2.44. The Morgan fingerprint density at radius 1 is 1.00 bits per heavy atom. The predicted molar refractivity (Wildman–Crippen MR) is 80.9 cm³/mol. The van der Waals surface area contributed by atoms with Crippen molar-refractivity contribution in [2.45, 2.75) is 71.1 Å². The maximum absolute atomic E-state index is 9.49. The lowest BCUT2D eigenvalue weighted by molar-refractivity contribution is 0.0859. The highest BCUT2D eigenvalue weighted by atomic mass is 14.6. The molecule has 0 bridgehead atoms. The Hall–Kier alpha value is -0.770. The molecular formula is C19H27N. The van der Waals surface area contributed by atoms with Crippen LogP contribution in [0.25, 0.3) is 0 Å². The Bertz CT molecular complexity index is 482. The maximum Gasteiger partial charge on any atom is 0.0661 e. The average Bonchev–Trinajstić information content (AvgIpc) is 2.83. The third kappa shape index (κ3) is 1.66. The molecule has 0 amide bonds. The highest BCUT2D eigenvalue weighted by Crippen LogP contribution is 2.62. The topological polar surface area (TPSA) is 23.8 Å². The van der Waals surface area contributed by atoms with Crippen LogP contribution in [0.15, 0.2) is 11.1 Å². The highest BCUT2D eigenvalue weighted by Gasteiger charge is 2.53. The molecule has 4 aliphatic rings. The number of hydrogen-bond donors (Lipinski definition) is 0. The van der Waals surface area contributed by atoms with Crippen LogP contribution in [0.2, 0.25) is 0 Å². The van der Waals surface area contributed by atoms with Crippen LogP contribution in [0.1, 0.15) is 71.1 Å². The van der Waals surface area contributed by atoms with Crippen LogP contribution in [-0.4, -0.2) is 0 Å². The Kier molecular flexibility index (Phi) is 2.99. The van der Waals surface area contributed by atoms with Crippen molar-refractivity contribution in [1.82, 2.24) is 0 Å². The van der Waals surface area contributed by atoms with E-state index in [-0.39, 0.29) is 0 Å². The summed E-state index contributed by atoms with van der Waals surface area (Å²) in [4.78, 5) is 0. The van der Waals surface area contributed by atoms with E-state index < -0.39 is 0 Å². The third-order valence-corrected chi connectivity index (χ3v) is 7.41. The van der Waals surface area contributed by atoms with Gasteiger partial charge < -0.3 is 0 Å². The molecule has 0 spiro atoms. The first-order valence-corrected chi connectivity index (χ1v) is 8.85. The molecule has 5 atom stereocenters. The molecule has 0 saturated heterocycles. The minimum Gasteiger partial charge on any atom is -0.198 e. The van der Waals surface area contributed by atoms with Gasteiger partial charge in [-0.1, -0.05) is 24.5 Å². The smallest absolute Gasteiger partial charge is 0.0661 e. The summed E-state index contributed by atoms with van der Waals surface area (Å²) in [5.41, 5.74) is 4.13. The second-order valence-corrected chi connectivity index (χ2v) is 8.05. The van der Waals surface area contributed by atoms with Gasteiger partial charge in [-0.3, -0.25) is 0 Å². The van der Waals surface area contributed by atoms with Gasteiger partial charge >= 0.3 is 0 Å². The Labute approximate surface area is 123 Å². The fraction of sp³-hybridized carbons (Fsp3) is 0.842. The van der Waals surface area contributed by atoms with E-state index in [1.165, 1.54) is 64.2 Å². The Morgan fingerprint density at radius 3 is 2.75 bits per heavy atom. The molecule has 3 saturated carbocycles. The monoisotopic (exact) mass is 269 g/mol. The lowest BCUT2D eigenvalue weighted by atomic mass is 9.55. The van der Waals surface area contributed by atoms with Gasteiger partial charge in [-0.15, -0.1) is 0 Å². The highest BCUT2D eigenvalue weighted by molar-refractivity contribution is 5.29. The van der Waals surface area contributed by atoms with Gasteiger partial charge in [0.1, 0.15) is 0 Å². The van der Waals surface area contributed by atoms with Gasteiger partial charge in [-0.25, -0.2) is 0 Å². The number of fused-ring (bicyclic) bond motifs is 4. The van der Waals surface area contributed by atoms with E-state index in [9.17, 15) is 5.26 Å². The van der Waals surface area contributed by atoms with Crippen LogP contribution in [0, 0.1) is 40.4 Å². The van der Waals surface area contributed by atoms with E-state index in [2.05, 4.69) is 13.0 Å². The predicted octanol–water partition coefficient (Wildman–Crippen LogP) is 5.23. The molecule has 20 heavy (non-hydrogen) atoms. The molecule has 0 aliphatic heterocycles. The number of allylic oxidation sites excluding steroid dienone is 2. The van der Waals surface area contributed by atoms with E-state index in [1.54, 1.807) is 0 Å². The van der Waals surface area contributed by atoms with Crippen LogP contribution < -0.4 is 0 Å². The molecule has 0 aromatic rings. The van der Waals surface area contributed by atoms with Crippen molar-refractivity contribution in [2.24, 2.45) is 29.1 Å².